The molecule has 2 saturated heterocycles. The van der Waals surface area contributed by atoms with Gasteiger partial charge in [0.1, 0.15) is 48.8 Å². The Morgan fingerprint density at radius 2 is 1.00 bits per heavy atom. The number of carbonyl (C=O) groups excluding carboxylic acids is 2. The zero-order valence-corrected chi connectivity index (χ0v) is 26.5. The van der Waals surface area contributed by atoms with Gasteiger partial charge >= 0.3 is 0 Å². The van der Waals surface area contributed by atoms with Crippen LogP contribution in [0.25, 0.3) is 12.2 Å². The molecule has 2 aliphatic heterocycles. The second-order valence-corrected chi connectivity index (χ2v) is 11.2. The molecule has 10 atom stereocenters. The number of hydrogen-bond acceptors (Lipinski definition) is 16. The van der Waals surface area contributed by atoms with Gasteiger partial charge in [0.15, 0.2) is 34.6 Å². The topological polar surface area (TPSA) is 251 Å². The van der Waals surface area contributed by atoms with Crippen LogP contribution in [0.1, 0.15) is 17.5 Å². The van der Waals surface area contributed by atoms with Gasteiger partial charge < -0.3 is 69.3 Å². The molecule has 49 heavy (non-hydrogen) atoms. The van der Waals surface area contributed by atoms with Gasteiger partial charge in [-0.05, 0) is 47.5 Å². The van der Waals surface area contributed by atoms with E-state index in [1.54, 1.807) is 12.1 Å². The van der Waals surface area contributed by atoms with Gasteiger partial charge in [-0.1, -0.05) is 24.3 Å². The van der Waals surface area contributed by atoms with Crippen LogP contribution in [0.4, 0.5) is 0 Å². The highest BCUT2D eigenvalue weighted by atomic mass is 16.7. The van der Waals surface area contributed by atoms with E-state index in [1.807, 2.05) is 0 Å². The quantitative estimate of drug-likeness (QED) is 0.0813. The van der Waals surface area contributed by atoms with E-state index < -0.39 is 92.6 Å². The normalized spacial score (nSPS) is 30.3. The fourth-order valence-corrected chi connectivity index (χ4v) is 5.02. The number of allylic oxidation sites excluding steroid dienone is 2. The van der Waals surface area contributed by atoms with Crippen LogP contribution in [0.2, 0.25) is 0 Å². The van der Waals surface area contributed by atoms with Crippen LogP contribution in [-0.2, 0) is 19.1 Å². The van der Waals surface area contributed by atoms with Crippen LogP contribution < -0.4 is 18.9 Å². The lowest BCUT2D eigenvalue weighted by molar-refractivity contribution is -0.277. The molecule has 0 bridgehead atoms. The van der Waals surface area contributed by atoms with E-state index >= 15 is 0 Å². The van der Waals surface area contributed by atoms with E-state index in [0.717, 1.165) is 0 Å². The van der Waals surface area contributed by atoms with E-state index in [0.29, 0.717) is 11.1 Å². The monoisotopic (exact) mass is 692 g/mol. The molecule has 2 aromatic rings. The van der Waals surface area contributed by atoms with Crippen LogP contribution in [0.3, 0.4) is 0 Å². The third kappa shape index (κ3) is 9.20. The largest absolute Gasteiger partial charge is 0.493 e. The summed E-state index contributed by atoms with van der Waals surface area (Å²) in [6, 6.07) is 9.09. The van der Waals surface area contributed by atoms with Crippen LogP contribution in [-0.4, -0.2) is 141 Å². The zero-order valence-electron chi connectivity index (χ0n) is 26.5. The lowest BCUT2D eigenvalue weighted by Gasteiger charge is -2.39. The Hall–Kier alpha value is -3.94. The molecule has 2 heterocycles. The molecule has 0 amide bonds. The minimum absolute atomic E-state index is 0.112. The number of aliphatic hydroxyl groups excluding tert-OH is 8. The molecule has 8 N–H and O–H groups in total. The lowest BCUT2D eigenvalue weighted by atomic mass is 9.99. The van der Waals surface area contributed by atoms with Crippen LogP contribution >= 0.6 is 0 Å². The highest BCUT2D eigenvalue weighted by Crippen LogP contribution is 2.34. The molecular formula is C33H40O16. The molecule has 2 aliphatic rings. The van der Waals surface area contributed by atoms with Crippen molar-refractivity contribution in [2.45, 2.75) is 67.8 Å². The summed E-state index contributed by atoms with van der Waals surface area (Å²) in [5.74, 6) is -0.384. The Morgan fingerprint density at radius 3 is 1.35 bits per heavy atom. The van der Waals surface area contributed by atoms with Crippen molar-refractivity contribution in [2.75, 3.05) is 27.4 Å². The predicted molar refractivity (Wildman–Crippen MR) is 167 cm³/mol. The maximum absolute atomic E-state index is 12.5. The van der Waals surface area contributed by atoms with E-state index in [9.17, 15) is 50.4 Å². The van der Waals surface area contributed by atoms with E-state index in [-0.39, 0.29) is 23.0 Å². The maximum atomic E-state index is 12.5. The highest BCUT2D eigenvalue weighted by Gasteiger charge is 2.46. The van der Waals surface area contributed by atoms with Gasteiger partial charge in [0.25, 0.3) is 0 Å². The molecule has 0 aromatic heterocycles. The molecule has 268 valence electrons. The fraction of sp³-hybridized carbons (Fsp3) is 0.455. The standard InChI is InChI=1S/C33H40O16/c1-44-22-11-16(5-9-20(22)46-32-30(42)28(40)26(38)24(14-34)48-32)3-7-18(36)13-19(37)8-4-17-6-10-21(23(12-17)45-2)47-33-31(43)29(41)27(39)25(15-35)49-33/h3-12,24-35,38-43H,13-15H2,1-2H3. The van der Waals surface area contributed by atoms with E-state index in [2.05, 4.69) is 0 Å². The maximum Gasteiger partial charge on any atom is 0.229 e. The van der Waals surface area contributed by atoms with Crippen molar-refractivity contribution in [3.63, 3.8) is 0 Å². The fourth-order valence-electron chi connectivity index (χ4n) is 5.02. The van der Waals surface area contributed by atoms with Crippen molar-refractivity contribution in [3.8, 4) is 23.0 Å². The minimum atomic E-state index is -1.62. The predicted octanol–water partition coefficient (Wildman–Crippen LogP) is -1.68. The summed E-state index contributed by atoms with van der Waals surface area (Å²) < 4.78 is 32.6. The third-order valence-corrected chi connectivity index (χ3v) is 7.83. The summed E-state index contributed by atoms with van der Waals surface area (Å²) in [6.45, 7) is -1.24. The number of rotatable bonds is 14. The average Bonchev–Trinajstić information content (AvgIpc) is 3.10. The molecule has 10 unspecified atom stereocenters. The van der Waals surface area contributed by atoms with Crippen LogP contribution in [0.15, 0.2) is 48.6 Å². The Kier molecular flexibility index (Phi) is 13.2. The average molecular weight is 693 g/mol. The summed E-state index contributed by atoms with van der Waals surface area (Å²) in [4.78, 5) is 25.0. The first kappa shape index (κ1) is 37.9. The zero-order chi connectivity index (χ0) is 35.8. The number of hydrogen-bond donors (Lipinski definition) is 8. The van der Waals surface area contributed by atoms with Gasteiger partial charge in [-0.2, -0.15) is 0 Å². The Morgan fingerprint density at radius 1 is 0.612 bits per heavy atom. The molecule has 0 radical (unpaired) electrons. The molecule has 0 spiro atoms. The molecular weight excluding hydrogens is 652 g/mol. The van der Waals surface area contributed by atoms with Crippen molar-refractivity contribution < 1.29 is 78.9 Å². The molecule has 4 rings (SSSR count). The van der Waals surface area contributed by atoms with Crippen molar-refractivity contribution in [1.82, 2.24) is 0 Å². The summed E-state index contributed by atoms with van der Waals surface area (Å²) in [5.41, 5.74) is 1.01. The van der Waals surface area contributed by atoms with Gasteiger partial charge in [0, 0.05) is 0 Å². The number of ketones is 2. The summed E-state index contributed by atoms with van der Waals surface area (Å²) in [5, 5.41) is 79.1. The van der Waals surface area contributed by atoms with Gasteiger partial charge in [0.2, 0.25) is 12.6 Å². The van der Waals surface area contributed by atoms with Crippen molar-refractivity contribution >= 4 is 23.7 Å². The number of benzene rings is 2. The highest BCUT2D eigenvalue weighted by molar-refractivity contribution is 6.10. The van der Waals surface area contributed by atoms with Gasteiger partial charge in [-0.15, -0.1) is 0 Å². The number of ether oxygens (including phenoxy) is 6. The van der Waals surface area contributed by atoms with Crippen LogP contribution in [0, 0.1) is 0 Å². The van der Waals surface area contributed by atoms with Gasteiger partial charge in [-0.3, -0.25) is 9.59 Å². The minimum Gasteiger partial charge on any atom is -0.493 e. The summed E-state index contributed by atoms with van der Waals surface area (Å²) in [7, 11) is 2.71. The molecule has 16 heteroatoms. The van der Waals surface area contributed by atoms with Crippen molar-refractivity contribution in [3.05, 3.63) is 59.7 Å². The third-order valence-electron chi connectivity index (χ3n) is 7.83. The second kappa shape index (κ2) is 17.1. The number of carbonyl (C=O) groups is 2. The SMILES string of the molecule is COc1cc(C=CC(=O)CC(=O)C=Cc2ccc(OC3OC(CO)C(O)C(O)C3O)c(OC)c2)ccc1OC1OC(CO)C(O)C(O)C1O. The van der Waals surface area contributed by atoms with Crippen molar-refractivity contribution in [2.24, 2.45) is 0 Å². The van der Waals surface area contributed by atoms with E-state index in [4.69, 9.17) is 28.4 Å². The number of methoxy groups -OCH3 is 2. The first-order valence-corrected chi connectivity index (χ1v) is 15.1. The first-order chi connectivity index (χ1) is 23.4. The first-order valence-electron chi connectivity index (χ1n) is 15.1. The van der Waals surface area contributed by atoms with Crippen molar-refractivity contribution in [1.29, 1.82) is 0 Å². The molecule has 16 nitrogen and oxygen atoms in total. The Balaban J connectivity index is 1.33. The van der Waals surface area contributed by atoms with Crippen LogP contribution in [0.5, 0.6) is 23.0 Å². The second-order valence-electron chi connectivity index (χ2n) is 11.2. The lowest BCUT2D eigenvalue weighted by Crippen LogP contribution is -2.60. The van der Waals surface area contributed by atoms with E-state index in [1.165, 1.54) is 62.8 Å². The molecule has 2 fully saturated rings. The van der Waals surface area contributed by atoms with Gasteiger partial charge in [0.05, 0.1) is 33.9 Å². The molecule has 0 aliphatic carbocycles. The molecule has 2 aromatic carbocycles. The Bertz CT molecular complexity index is 1380. The molecule has 0 saturated carbocycles. The summed E-state index contributed by atoms with van der Waals surface area (Å²) in [6.07, 6.45) is -9.81. The number of aliphatic hydroxyl groups is 8. The summed E-state index contributed by atoms with van der Waals surface area (Å²) >= 11 is 0. The van der Waals surface area contributed by atoms with Gasteiger partial charge in [-0.25, -0.2) is 0 Å². The Labute approximate surface area is 280 Å². The smallest absolute Gasteiger partial charge is 0.229 e.